The van der Waals surface area contributed by atoms with Gasteiger partial charge in [-0.25, -0.2) is 8.78 Å². The SMILES string of the molecule is O=C(COc1ccccc1Br)Nc1cc(F)cc(F)c1. The Morgan fingerprint density at radius 1 is 1.15 bits per heavy atom. The number of carbonyl (C=O) groups is 1. The summed E-state index contributed by atoms with van der Waals surface area (Å²) in [5, 5.41) is 2.35. The zero-order valence-electron chi connectivity index (χ0n) is 10.2. The van der Waals surface area contributed by atoms with Crippen molar-refractivity contribution in [2.24, 2.45) is 0 Å². The van der Waals surface area contributed by atoms with Crippen LogP contribution < -0.4 is 10.1 Å². The average Bonchev–Trinajstić information content (AvgIpc) is 2.36. The molecule has 2 aromatic carbocycles. The molecule has 0 aliphatic carbocycles. The Labute approximate surface area is 122 Å². The van der Waals surface area contributed by atoms with Crippen molar-refractivity contribution in [3.8, 4) is 5.75 Å². The van der Waals surface area contributed by atoms with Gasteiger partial charge in [0, 0.05) is 11.8 Å². The number of anilines is 1. The monoisotopic (exact) mass is 341 g/mol. The number of para-hydroxylation sites is 1. The second-order valence-corrected chi connectivity index (χ2v) is 4.78. The van der Waals surface area contributed by atoms with Gasteiger partial charge in [0.15, 0.2) is 6.61 Å². The van der Waals surface area contributed by atoms with Gasteiger partial charge in [0.2, 0.25) is 0 Å². The van der Waals surface area contributed by atoms with Crippen molar-refractivity contribution in [1.82, 2.24) is 0 Å². The van der Waals surface area contributed by atoms with Gasteiger partial charge in [0.05, 0.1) is 4.47 Å². The van der Waals surface area contributed by atoms with E-state index in [4.69, 9.17) is 4.74 Å². The first-order valence-electron chi connectivity index (χ1n) is 5.68. The van der Waals surface area contributed by atoms with Crippen molar-refractivity contribution >= 4 is 27.5 Å². The normalized spacial score (nSPS) is 10.2. The Bertz CT molecular complexity index is 614. The minimum Gasteiger partial charge on any atom is -0.483 e. The van der Waals surface area contributed by atoms with Gasteiger partial charge < -0.3 is 10.1 Å². The molecule has 0 spiro atoms. The third-order valence-electron chi connectivity index (χ3n) is 2.34. The predicted molar refractivity (Wildman–Crippen MR) is 74.6 cm³/mol. The summed E-state index contributed by atoms with van der Waals surface area (Å²) < 4.78 is 31.9. The number of rotatable bonds is 4. The molecule has 104 valence electrons. The van der Waals surface area contributed by atoms with Gasteiger partial charge in [-0.05, 0) is 40.2 Å². The Kier molecular flexibility index (Phi) is 4.68. The predicted octanol–water partition coefficient (Wildman–Crippen LogP) is 3.74. The molecule has 3 nitrogen and oxygen atoms in total. The summed E-state index contributed by atoms with van der Waals surface area (Å²) in [5.41, 5.74) is 0.0447. The highest BCUT2D eigenvalue weighted by Gasteiger charge is 2.07. The van der Waals surface area contributed by atoms with Gasteiger partial charge in [-0.2, -0.15) is 0 Å². The van der Waals surface area contributed by atoms with Gasteiger partial charge in [0.1, 0.15) is 17.4 Å². The molecule has 0 saturated carbocycles. The van der Waals surface area contributed by atoms with E-state index in [1.54, 1.807) is 18.2 Å². The first kappa shape index (κ1) is 14.5. The van der Waals surface area contributed by atoms with Crippen molar-refractivity contribution < 1.29 is 18.3 Å². The van der Waals surface area contributed by atoms with Crippen LogP contribution in [0.3, 0.4) is 0 Å². The van der Waals surface area contributed by atoms with Gasteiger partial charge in [-0.3, -0.25) is 4.79 Å². The van der Waals surface area contributed by atoms with E-state index >= 15 is 0 Å². The van der Waals surface area contributed by atoms with Crippen LogP contribution >= 0.6 is 15.9 Å². The maximum atomic E-state index is 13.0. The van der Waals surface area contributed by atoms with E-state index in [1.165, 1.54) is 0 Å². The first-order chi connectivity index (χ1) is 9.54. The number of nitrogens with one attached hydrogen (secondary N) is 1. The van der Waals surface area contributed by atoms with E-state index in [1.807, 2.05) is 6.07 Å². The van der Waals surface area contributed by atoms with E-state index in [0.29, 0.717) is 10.2 Å². The zero-order valence-corrected chi connectivity index (χ0v) is 11.8. The molecule has 0 aliphatic rings. The summed E-state index contributed by atoms with van der Waals surface area (Å²) in [4.78, 5) is 11.6. The number of hydrogen-bond donors (Lipinski definition) is 1. The molecule has 0 atom stereocenters. The third kappa shape index (κ3) is 4.03. The lowest BCUT2D eigenvalue weighted by Gasteiger charge is -2.09. The molecule has 0 saturated heterocycles. The van der Waals surface area contributed by atoms with E-state index in [2.05, 4.69) is 21.2 Å². The van der Waals surface area contributed by atoms with E-state index in [9.17, 15) is 13.6 Å². The van der Waals surface area contributed by atoms with Crippen LogP contribution in [0.25, 0.3) is 0 Å². The quantitative estimate of drug-likeness (QED) is 0.919. The Morgan fingerprint density at radius 3 is 2.45 bits per heavy atom. The second-order valence-electron chi connectivity index (χ2n) is 3.93. The Hall–Kier alpha value is -1.95. The molecule has 2 aromatic rings. The second kappa shape index (κ2) is 6.47. The summed E-state index contributed by atoms with van der Waals surface area (Å²) in [6.07, 6.45) is 0. The average molecular weight is 342 g/mol. The van der Waals surface area contributed by atoms with Crippen LogP contribution in [0.5, 0.6) is 5.75 Å². The van der Waals surface area contributed by atoms with Crippen molar-refractivity contribution in [3.63, 3.8) is 0 Å². The van der Waals surface area contributed by atoms with Crippen molar-refractivity contribution in [2.45, 2.75) is 0 Å². The van der Waals surface area contributed by atoms with Crippen molar-refractivity contribution in [1.29, 1.82) is 0 Å². The highest BCUT2D eigenvalue weighted by Crippen LogP contribution is 2.23. The van der Waals surface area contributed by atoms with Crippen molar-refractivity contribution in [3.05, 3.63) is 58.6 Å². The molecule has 0 fully saturated rings. The molecule has 0 aromatic heterocycles. The lowest BCUT2D eigenvalue weighted by atomic mass is 10.3. The third-order valence-corrected chi connectivity index (χ3v) is 3.00. The zero-order chi connectivity index (χ0) is 14.5. The van der Waals surface area contributed by atoms with Crippen molar-refractivity contribution in [2.75, 3.05) is 11.9 Å². The number of halogens is 3. The number of ether oxygens (including phenoxy) is 1. The van der Waals surface area contributed by atoms with E-state index in [-0.39, 0.29) is 12.3 Å². The fourth-order valence-electron chi connectivity index (χ4n) is 1.53. The molecule has 0 unspecified atom stereocenters. The minimum absolute atomic E-state index is 0.0447. The van der Waals surface area contributed by atoms with Gasteiger partial charge in [-0.15, -0.1) is 0 Å². The van der Waals surface area contributed by atoms with Gasteiger partial charge in [0.25, 0.3) is 5.91 Å². The molecular formula is C14H10BrF2NO2. The standard InChI is InChI=1S/C14H10BrF2NO2/c15-12-3-1-2-4-13(12)20-8-14(19)18-11-6-9(16)5-10(17)7-11/h1-7H,8H2,(H,18,19). The van der Waals surface area contributed by atoms with Gasteiger partial charge in [-0.1, -0.05) is 12.1 Å². The molecule has 1 N–H and O–H groups in total. The highest BCUT2D eigenvalue weighted by atomic mass is 79.9. The van der Waals surface area contributed by atoms with Gasteiger partial charge >= 0.3 is 0 Å². The molecule has 0 heterocycles. The smallest absolute Gasteiger partial charge is 0.262 e. The summed E-state index contributed by atoms with van der Waals surface area (Å²) in [5.74, 6) is -1.52. The Morgan fingerprint density at radius 2 is 1.80 bits per heavy atom. The van der Waals surface area contributed by atoms with Crippen LogP contribution in [-0.4, -0.2) is 12.5 Å². The maximum Gasteiger partial charge on any atom is 0.262 e. The van der Waals surface area contributed by atoms with Crippen LogP contribution in [0.1, 0.15) is 0 Å². The fourth-order valence-corrected chi connectivity index (χ4v) is 1.93. The lowest BCUT2D eigenvalue weighted by molar-refractivity contribution is -0.118. The van der Waals surface area contributed by atoms with Crippen LogP contribution in [0.4, 0.5) is 14.5 Å². The minimum atomic E-state index is -0.757. The first-order valence-corrected chi connectivity index (χ1v) is 6.47. The summed E-state index contributed by atoms with van der Waals surface area (Å²) in [6, 6.07) is 9.83. The fraction of sp³-hybridized carbons (Fsp3) is 0.0714. The summed E-state index contributed by atoms with van der Waals surface area (Å²) in [6.45, 7) is -0.263. The molecule has 2 rings (SSSR count). The molecule has 20 heavy (non-hydrogen) atoms. The highest BCUT2D eigenvalue weighted by molar-refractivity contribution is 9.10. The van der Waals surface area contributed by atoms with Crippen LogP contribution in [-0.2, 0) is 4.79 Å². The Balaban J connectivity index is 1.94. The molecule has 0 bridgehead atoms. The number of amides is 1. The summed E-state index contributed by atoms with van der Waals surface area (Å²) in [7, 11) is 0. The maximum absolute atomic E-state index is 13.0. The number of carbonyl (C=O) groups excluding carboxylic acids is 1. The van der Waals surface area contributed by atoms with Crippen LogP contribution in [0, 0.1) is 11.6 Å². The number of hydrogen-bond acceptors (Lipinski definition) is 2. The van der Waals surface area contributed by atoms with Crippen LogP contribution in [0.2, 0.25) is 0 Å². The molecule has 0 aliphatic heterocycles. The molecule has 1 amide bonds. The molecular weight excluding hydrogens is 332 g/mol. The summed E-state index contributed by atoms with van der Waals surface area (Å²) >= 11 is 3.28. The molecule has 0 radical (unpaired) electrons. The largest absolute Gasteiger partial charge is 0.483 e. The lowest BCUT2D eigenvalue weighted by Crippen LogP contribution is -2.20. The van der Waals surface area contributed by atoms with E-state index in [0.717, 1.165) is 18.2 Å². The van der Waals surface area contributed by atoms with Crippen LogP contribution in [0.15, 0.2) is 46.9 Å². The van der Waals surface area contributed by atoms with E-state index < -0.39 is 17.5 Å². The molecule has 6 heteroatoms. The topological polar surface area (TPSA) is 38.3 Å². The number of benzene rings is 2.